The third kappa shape index (κ3) is 2.85. The van der Waals surface area contributed by atoms with Crippen LogP contribution in [0.2, 0.25) is 0 Å². The van der Waals surface area contributed by atoms with Crippen molar-refractivity contribution in [3.05, 3.63) is 5.82 Å². The number of aromatic amines is 1. The zero-order valence-electron chi connectivity index (χ0n) is 10.6. The van der Waals surface area contributed by atoms with Crippen LogP contribution in [0.4, 0.5) is 5.95 Å². The molecule has 1 saturated heterocycles. The normalized spacial score (nSPS) is 19.7. The van der Waals surface area contributed by atoms with E-state index in [1.54, 1.807) is 11.8 Å². The summed E-state index contributed by atoms with van der Waals surface area (Å²) >= 11 is 0. The van der Waals surface area contributed by atoms with Crippen LogP contribution in [0.1, 0.15) is 25.6 Å². The Labute approximate surface area is 105 Å². The van der Waals surface area contributed by atoms with Crippen molar-refractivity contribution in [1.82, 2.24) is 20.1 Å². The molecule has 98 valence electrons. The van der Waals surface area contributed by atoms with E-state index in [1.807, 2.05) is 0 Å². The molecule has 2 amide bonds. The summed E-state index contributed by atoms with van der Waals surface area (Å²) in [5.41, 5.74) is 0. The molecule has 0 radical (unpaired) electrons. The number of nitrogens with zero attached hydrogens (tertiary/aromatic N) is 3. The third-order valence-electron chi connectivity index (χ3n) is 3.07. The predicted molar refractivity (Wildman–Crippen MR) is 64.7 cm³/mol. The van der Waals surface area contributed by atoms with Gasteiger partial charge in [-0.1, -0.05) is 0 Å². The molecule has 1 unspecified atom stereocenters. The van der Waals surface area contributed by atoms with E-state index >= 15 is 0 Å². The van der Waals surface area contributed by atoms with Crippen molar-refractivity contribution in [2.24, 2.45) is 5.92 Å². The maximum Gasteiger partial charge on any atom is 0.248 e. The molecule has 0 aromatic carbocycles. The van der Waals surface area contributed by atoms with Crippen LogP contribution in [0.25, 0.3) is 0 Å². The molecule has 2 rings (SSSR count). The number of aryl methyl sites for hydroxylation is 1. The van der Waals surface area contributed by atoms with Crippen molar-refractivity contribution in [3.63, 3.8) is 0 Å². The number of likely N-dealkylation sites (tertiary alicyclic amines) is 1. The number of piperidine rings is 1. The minimum atomic E-state index is -0.179. The summed E-state index contributed by atoms with van der Waals surface area (Å²) in [6.07, 6.45) is 1.64. The maximum absolute atomic E-state index is 12.0. The van der Waals surface area contributed by atoms with Gasteiger partial charge in [0.05, 0.1) is 5.92 Å². The Bertz CT molecular complexity index is 456. The average molecular weight is 251 g/mol. The van der Waals surface area contributed by atoms with E-state index in [4.69, 9.17) is 0 Å². The Kier molecular flexibility index (Phi) is 3.59. The second-order valence-corrected chi connectivity index (χ2v) is 4.54. The van der Waals surface area contributed by atoms with Gasteiger partial charge >= 0.3 is 0 Å². The van der Waals surface area contributed by atoms with Crippen LogP contribution in [0, 0.1) is 12.8 Å². The first-order valence-corrected chi connectivity index (χ1v) is 6.01. The Morgan fingerprint density at radius 1 is 1.50 bits per heavy atom. The van der Waals surface area contributed by atoms with Gasteiger partial charge in [0, 0.05) is 20.0 Å². The van der Waals surface area contributed by atoms with Crippen molar-refractivity contribution >= 4 is 17.8 Å². The van der Waals surface area contributed by atoms with E-state index in [9.17, 15) is 9.59 Å². The highest BCUT2D eigenvalue weighted by Gasteiger charge is 2.27. The van der Waals surface area contributed by atoms with Crippen LogP contribution in [0.3, 0.4) is 0 Å². The van der Waals surface area contributed by atoms with Crippen molar-refractivity contribution in [3.8, 4) is 0 Å². The van der Waals surface area contributed by atoms with E-state index in [2.05, 4.69) is 20.5 Å². The first kappa shape index (κ1) is 12.5. The van der Waals surface area contributed by atoms with Gasteiger partial charge in [0.2, 0.25) is 17.8 Å². The predicted octanol–water partition coefficient (Wildman–Crippen LogP) is 0.310. The molecule has 0 saturated carbocycles. The van der Waals surface area contributed by atoms with Gasteiger partial charge in [-0.15, -0.1) is 5.10 Å². The molecule has 0 bridgehead atoms. The van der Waals surface area contributed by atoms with Crippen LogP contribution < -0.4 is 5.32 Å². The summed E-state index contributed by atoms with van der Waals surface area (Å²) in [5, 5.41) is 9.18. The zero-order chi connectivity index (χ0) is 13.1. The smallest absolute Gasteiger partial charge is 0.248 e. The molecule has 1 aliphatic rings. The van der Waals surface area contributed by atoms with E-state index in [0.717, 1.165) is 19.4 Å². The van der Waals surface area contributed by atoms with Gasteiger partial charge in [0.15, 0.2) is 0 Å². The molecule has 18 heavy (non-hydrogen) atoms. The summed E-state index contributed by atoms with van der Waals surface area (Å²) in [6.45, 7) is 4.50. The summed E-state index contributed by atoms with van der Waals surface area (Å²) in [4.78, 5) is 29.0. The SMILES string of the molecule is CC(=O)N1CCCC(C(=O)Nc2n[nH]c(C)n2)C1. The summed E-state index contributed by atoms with van der Waals surface area (Å²) < 4.78 is 0. The van der Waals surface area contributed by atoms with Crippen molar-refractivity contribution in [1.29, 1.82) is 0 Å². The topological polar surface area (TPSA) is 91.0 Å². The van der Waals surface area contributed by atoms with Gasteiger partial charge < -0.3 is 4.90 Å². The Hall–Kier alpha value is -1.92. The lowest BCUT2D eigenvalue weighted by atomic mass is 9.97. The number of carbonyl (C=O) groups is 2. The minimum Gasteiger partial charge on any atom is -0.342 e. The highest BCUT2D eigenvalue weighted by molar-refractivity contribution is 5.91. The number of hydrogen-bond donors (Lipinski definition) is 2. The third-order valence-corrected chi connectivity index (χ3v) is 3.07. The lowest BCUT2D eigenvalue weighted by molar-refractivity contribution is -0.132. The Balaban J connectivity index is 1.94. The standard InChI is InChI=1S/C11H17N5O2/c1-7-12-11(15-14-7)13-10(18)9-4-3-5-16(6-9)8(2)17/h9H,3-6H2,1-2H3,(H2,12,13,14,15,18). The highest BCUT2D eigenvalue weighted by Crippen LogP contribution is 2.17. The molecular weight excluding hydrogens is 234 g/mol. The second-order valence-electron chi connectivity index (χ2n) is 4.54. The number of rotatable bonds is 2. The highest BCUT2D eigenvalue weighted by atomic mass is 16.2. The Morgan fingerprint density at radius 2 is 2.28 bits per heavy atom. The van der Waals surface area contributed by atoms with E-state index in [-0.39, 0.29) is 23.7 Å². The maximum atomic E-state index is 12.0. The number of amides is 2. The summed E-state index contributed by atoms with van der Waals surface area (Å²) in [5.74, 6) is 0.652. The number of hydrogen-bond acceptors (Lipinski definition) is 4. The second kappa shape index (κ2) is 5.16. The number of anilines is 1. The summed E-state index contributed by atoms with van der Waals surface area (Å²) in [6, 6.07) is 0. The number of aromatic nitrogens is 3. The fourth-order valence-electron chi connectivity index (χ4n) is 2.09. The van der Waals surface area contributed by atoms with Gasteiger partial charge in [-0.25, -0.2) is 0 Å². The quantitative estimate of drug-likeness (QED) is 0.791. The molecule has 2 heterocycles. The summed E-state index contributed by atoms with van der Waals surface area (Å²) in [7, 11) is 0. The lowest BCUT2D eigenvalue weighted by Crippen LogP contribution is -2.42. The van der Waals surface area contributed by atoms with Gasteiger partial charge in [0.25, 0.3) is 0 Å². The van der Waals surface area contributed by atoms with E-state index in [1.165, 1.54) is 6.92 Å². The molecule has 0 spiro atoms. The first-order chi connectivity index (χ1) is 8.56. The van der Waals surface area contributed by atoms with Crippen molar-refractivity contribution in [2.75, 3.05) is 18.4 Å². The molecule has 1 aromatic heterocycles. The van der Waals surface area contributed by atoms with Crippen LogP contribution in [0.15, 0.2) is 0 Å². The van der Waals surface area contributed by atoms with Crippen LogP contribution in [0.5, 0.6) is 0 Å². The average Bonchev–Trinajstić information content (AvgIpc) is 2.75. The Morgan fingerprint density at radius 3 is 2.89 bits per heavy atom. The van der Waals surface area contributed by atoms with Crippen LogP contribution in [-0.4, -0.2) is 45.0 Å². The number of nitrogens with one attached hydrogen (secondary N) is 2. The van der Waals surface area contributed by atoms with Crippen molar-refractivity contribution in [2.45, 2.75) is 26.7 Å². The molecule has 7 heteroatoms. The van der Waals surface area contributed by atoms with Crippen LogP contribution in [-0.2, 0) is 9.59 Å². The fourth-order valence-corrected chi connectivity index (χ4v) is 2.09. The molecule has 1 aromatic rings. The minimum absolute atomic E-state index is 0.0150. The molecule has 0 aliphatic carbocycles. The van der Waals surface area contributed by atoms with Gasteiger partial charge in [-0.05, 0) is 19.8 Å². The number of H-pyrrole nitrogens is 1. The van der Waals surface area contributed by atoms with Crippen LogP contribution >= 0.6 is 0 Å². The molecule has 1 fully saturated rings. The van der Waals surface area contributed by atoms with Crippen molar-refractivity contribution < 1.29 is 9.59 Å². The molecule has 1 atom stereocenters. The zero-order valence-corrected chi connectivity index (χ0v) is 10.6. The number of carbonyl (C=O) groups excluding carboxylic acids is 2. The van der Waals surface area contributed by atoms with E-state index < -0.39 is 0 Å². The first-order valence-electron chi connectivity index (χ1n) is 6.01. The van der Waals surface area contributed by atoms with Gasteiger partial charge in [-0.2, -0.15) is 4.98 Å². The molecule has 2 N–H and O–H groups in total. The monoisotopic (exact) mass is 251 g/mol. The van der Waals surface area contributed by atoms with E-state index in [0.29, 0.717) is 12.4 Å². The van der Waals surface area contributed by atoms with Gasteiger partial charge in [0.1, 0.15) is 5.82 Å². The molecular formula is C11H17N5O2. The van der Waals surface area contributed by atoms with Gasteiger partial charge in [-0.3, -0.25) is 20.0 Å². The molecule has 7 nitrogen and oxygen atoms in total. The largest absolute Gasteiger partial charge is 0.342 e. The lowest BCUT2D eigenvalue weighted by Gasteiger charge is -2.30. The fraction of sp³-hybridized carbons (Fsp3) is 0.636. The molecule has 1 aliphatic heterocycles.